The molecular weight excluding hydrogens is 486 g/mol. The van der Waals surface area contributed by atoms with Gasteiger partial charge in [0.1, 0.15) is 5.78 Å². The minimum absolute atomic E-state index is 0.0339. The van der Waals surface area contributed by atoms with Crippen LogP contribution in [0.3, 0.4) is 0 Å². The predicted octanol–water partition coefficient (Wildman–Crippen LogP) is 7.73. The number of hydrogen-bond donors (Lipinski definition) is 2. The molecule has 0 spiro atoms. The van der Waals surface area contributed by atoms with Gasteiger partial charge in [0.05, 0.1) is 0 Å². The van der Waals surface area contributed by atoms with Crippen molar-refractivity contribution in [3.05, 3.63) is 0 Å². The summed E-state index contributed by atoms with van der Waals surface area (Å²) in [4.78, 5) is 38.1. The Labute approximate surface area is 242 Å². The highest BCUT2D eigenvalue weighted by Crippen LogP contribution is 2.13. The first-order chi connectivity index (χ1) is 19.0. The molecule has 0 rings (SSSR count). The van der Waals surface area contributed by atoms with Crippen molar-refractivity contribution in [1.29, 1.82) is 0 Å². The van der Waals surface area contributed by atoms with Crippen molar-refractivity contribution in [2.24, 2.45) is 0 Å². The molecule has 2 N–H and O–H groups in total. The fourth-order valence-electron chi connectivity index (χ4n) is 4.86. The van der Waals surface area contributed by atoms with Crippen LogP contribution in [-0.2, 0) is 14.4 Å². The minimum Gasteiger partial charge on any atom is -0.356 e. The normalized spacial score (nSPS) is 11.2. The zero-order valence-electron chi connectivity index (χ0n) is 26.3. The number of nitrogens with zero attached hydrogens (tertiary/aromatic N) is 1. The standard InChI is InChI=1S/C33H65N3O3/c1-4-5-6-7-8-9-10-11-12-13-14-15-16-17-20-25-32(38)35-29-23-24-31(37)26-27-33(39)34-28-21-18-19-22-30-36(2)3/h4-30H2,1-3H3,(H,34,39)(H,35,38). The van der Waals surface area contributed by atoms with Crippen LogP contribution in [-0.4, -0.2) is 56.2 Å². The molecule has 0 aromatic heterocycles. The number of amides is 2. The molecule has 39 heavy (non-hydrogen) atoms. The molecule has 0 fully saturated rings. The van der Waals surface area contributed by atoms with Crippen molar-refractivity contribution in [3.8, 4) is 0 Å². The molecule has 0 aliphatic carbocycles. The van der Waals surface area contributed by atoms with Crippen LogP contribution in [0, 0.1) is 0 Å². The third-order valence-electron chi connectivity index (χ3n) is 7.45. The number of nitrogens with one attached hydrogen (secondary N) is 2. The molecule has 0 aliphatic heterocycles. The third kappa shape index (κ3) is 31.0. The summed E-state index contributed by atoms with van der Waals surface area (Å²) < 4.78 is 0. The van der Waals surface area contributed by atoms with Crippen LogP contribution in [0.4, 0.5) is 0 Å². The van der Waals surface area contributed by atoms with Crippen molar-refractivity contribution in [3.63, 3.8) is 0 Å². The Morgan fingerprint density at radius 2 is 0.897 bits per heavy atom. The Balaban J connectivity index is 3.38. The van der Waals surface area contributed by atoms with Crippen molar-refractivity contribution < 1.29 is 14.4 Å². The molecule has 2 amide bonds. The van der Waals surface area contributed by atoms with Crippen LogP contribution in [0.5, 0.6) is 0 Å². The van der Waals surface area contributed by atoms with E-state index in [1.54, 1.807) is 0 Å². The summed E-state index contributed by atoms with van der Waals surface area (Å²) in [6.07, 6.45) is 26.6. The van der Waals surface area contributed by atoms with E-state index in [0.29, 0.717) is 38.8 Å². The molecule has 0 saturated carbocycles. The summed E-state index contributed by atoms with van der Waals surface area (Å²) in [7, 11) is 4.17. The van der Waals surface area contributed by atoms with Crippen molar-refractivity contribution in [1.82, 2.24) is 15.5 Å². The first-order valence-electron chi connectivity index (χ1n) is 16.7. The van der Waals surface area contributed by atoms with Gasteiger partial charge in [0, 0.05) is 38.8 Å². The topological polar surface area (TPSA) is 78.5 Å². The van der Waals surface area contributed by atoms with Gasteiger partial charge in [0.25, 0.3) is 0 Å². The number of carbonyl (C=O) groups is 3. The molecule has 0 aromatic rings. The zero-order valence-corrected chi connectivity index (χ0v) is 26.3. The third-order valence-corrected chi connectivity index (χ3v) is 7.45. The van der Waals surface area contributed by atoms with Gasteiger partial charge >= 0.3 is 0 Å². The van der Waals surface area contributed by atoms with Crippen LogP contribution >= 0.6 is 0 Å². The van der Waals surface area contributed by atoms with Gasteiger partial charge < -0.3 is 15.5 Å². The molecule has 6 nitrogen and oxygen atoms in total. The molecule has 0 radical (unpaired) electrons. The molecule has 0 heterocycles. The van der Waals surface area contributed by atoms with E-state index >= 15 is 0 Å². The van der Waals surface area contributed by atoms with E-state index in [9.17, 15) is 14.4 Å². The molecule has 0 atom stereocenters. The summed E-state index contributed by atoms with van der Waals surface area (Å²) in [6.45, 7) is 4.62. The highest BCUT2D eigenvalue weighted by molar-refractivity contribution is 5.84. The van der Waals surface area contributed by atoms with Crippen molar-refractivity contribution >= 4 is 17.6 Å². The first kappa shape index (κ1) is 37.6. The van der Waals surface area contributed by atoms with E-state index < -0.39 is 0 Å². The Morgan fingerprint density at radius 3 is 1.44 bits per heavy atom. The van der Waals surface area contributed by atoms with Gasteiger partial charge in [-0.2, -0.15) is 0 Å². The average molecular weight is 552 g/mol. The Morgan fingerprint density at radius 1 is 0.462 bits per heavy atom. The van der Waals surface area contributed by atoms with E-state index in [1.807, 2.05) is 0 Å². The lowest BCUT2D eigenvalue weighted by Gasteiger charge is -2.09. The zero-order chi connectivity index (χ0) is 28.8. The summed E-state index contributed by atoms with van der Waals surface area (Å²) in [5, 5.41) is 5.85. The van der Waals surface area contributed by atoms with Crippen molar-refractivity contribution in [2.75, 3.05) is 33.7 Å². The Bertz CT molecular complexity index is 581. The second-order valence-corrected chi connectivity index (χ2v) is 11.8. The number of Topliss-reactive ketones (excluding diaryl/α,β-unsaturated/α-hetero) is 1. The highest BCUT2D eigenvalue weighted by atomic mass is 16.2. The maximum absolute atomic E-state index is 12.0. The van der Waals surface area contributed by atoms with Gasteiger partial charge in [-0.25, -0.2) is 0 Å². The molecule has 0 aliphatic rings. The summed E-state index contributed by atoms with van der Waals surface area (Å²) in [5.74, 6) is 0.164. The van der Waals surface area contributed by atoms with E-state index in [2.05, 4.69) is 36.6 Å². The highest BCUT2D eigenvalue weighted by Gasteiger charge is 2.07. The van der Waals surface area contributed by atoms with E-state index in [-0.39, 0.29) is 24.0 Å². The van der Waals surface area contributed by atoms with Gasteiger partial charge in [-0.1, -0.05) is 110 Å². The maximum atomic E-state index is 12.0. The fourth-order valence-corrected chi connectivity index (χ4v) is 4.86. The number of ketones is 1. The SMILES string of the molecule is CCCCCCCCCCCCCCCCCC(=O)NCCCC(=O)CCC(=O)NCCCCCCN(C)C. The van der Waals surface area contributed by atoms with Gasteiger partial charge in [0.2, 0.25) is 11.8 Å². The smallest absolute Gasteiger partial charge is 0.220 e. The first-order valence-corrected chi connectivity index (χ1v) is 16.7. The molecule has 0 saturated heterocycles. The van der Waals surface area contributed by atoms with Gasteiger partial charge in [-0.15, -0.1) is 0 Å². The molecular formula is C33H65N3O3. The predicted molar refractivity (Wildman–Crippen MR) is 166 cm³/mol. The minimum atomic E-state index is -0.0339. The van der Waals surface area contributed by atoms with Crippen LogP contribution in [0.15, 0.2) is 0 Å². The average Bonchev–Trinajstić information content (AvgIpc) is 2.91. The van der Waals surface area contributed by atoms with E-state index in [0.717, 1.165) is 32.2 Å². The van der Waals surface area contributed by atoms with Gasteiger partial charge in [-0.05, 0) is 46.3 Å². The quantitative estimate of drug-likeness (QED) is 0.0895. The monoisotopic (exact) mass is 552 g/mol. The van der Waals surface area contributed by atoms with Crippen molar-refractivity contribution in [2.45, 2.75) is 161 Å². The van der Waals surface area contributed by atoms with E-state index in [1.165, 1.54) is 96.3 Å². The van der Waals surface area contributed by atoms with Crippen LogP contribution < -0.4 is 10.6 Å². The second-order valence-electron chi connectivity index (χ2n) is 11.8. The largest absolute Gasteiger partial charge is 0.356 e. The number of hydrogen-bond acceptors (Lipinski definition) is 4. The molecule has 0 unspecified atom stereocenters. The molecule has 0 bridgehead atoms. The van der Waals surface area contributed by atoms with Crippen LogP contribution in [0.2, 0.25) is 0 Å². The lowest BCUT2D eigenvalue weighted by Crippen LogP contribution is -2.25. The van der Waals surface area contributed by atoms with Crippen LogP contribution in [0.1, 0.15) is 161 Å². The lowest BCUT2D eigenvalue weighted by atomic mass is 10.0. The van der Waals surface area contributed by atoms with E-state index in [4.69, 9.17) is 0 Å². The van der Waals surface area contributed by atoms with Crippen LogP contribution in [0.25, 0.3) is 0 Å². The number of unbranched alkanes of at least 4 members (excludes halogenated alkanes) is 17. The Hall–Kier alpha value is -1.43. The lowest BCUT2D eigenvalue weighted by molar-refractivity contribution is -0.125. The van der Waals surface area contributed by atoms with Gasteiger partial charge in [0.15, 0.2) is 0 Å². The molecule has 230 valence electrons. The summed E-state index contributed by atoms with van der Waals surface area (Å²) in [5.41, 5.74) is 0. The molecule has 6 heteroatoms. The molecule has 0 aromatic carbocycles. The summed E-state index contributed by atoms with van der Waals surface area (Å²) in [6, 6.07) is 0. The Kier molecular flexibility index (Phi) is 28.5. The number of carbonyl (C=O) groups excluding carboxylic acids is 3. The summed E-state index contributed by atoms with van der Waals surface area (Å²) >= 11 is 0. The maximum Gasteiger partial charge on any atom is 0.220 e. The second kappa shape index (κ2) is 29.6. The van der Waals surface area contributed by atoms with Gasteiger partial charge in [-0.3, -0.25) is 14.4 Å². The number of rotatable bonds is 30. The fraction of sp³-hybridized carbons (Fsp3) is 0.909.